The zero-order chi connectivity index (χ0) is 13.2. The summed E-state index contributed by atoms with van der Waals surface area (Å²) in [6.45, 7) is 4.26. The van der Waals surface area contributed by atoms with E-state index in [2.05, 4.69) is 18.9 Å². The summed E-state index contributed by atoms with van der Waals surface area (Å²) in [5.74, 6) is 0.302. The van der Waals surface area contributed by atoms with Crippen LogP contribution in [0.4, 0.5) is 4.39 Å². The molecule has 0 saturated carbocycles. The van der Waals surface area contributed by atoms with Crippen molar-refractivity contribution in [2.75, 3.05) is 20.1 Å². The van der Waals surface area contributed by atoms with Gasteiger partial charge in [0.15, 0.2) is 0 Å². The molecule has 1 aliphatic rings. The van der Waals surface area contributed by atoms with Crippen LogP contribution in [0.5, 0.6) is 5.75 Å². The molecule has 0 atom stereocenters. The predicted molar refractivity (Wildman–Crippen MR) is 70.1 cm³/mol. The van der Waals surface area contributed by atoms with E-state index < -0.39 is 0 Å². The summed E-state index contributed by atoms with van der Waals surface area (Å²) in [5, 5.41) is 0. The number of benzene rings is 1. The molecule has 1 aromatic carbocycles. The van der Waals surface area contributed by atoms with Crippen molar-refractivity contribution in [3.63, 3.8) is 0 Å². The van der Waals surface area contributed by atoms with Crippen molar-refractivity contribution in [1.29, 1.82) is 0 Å². The standard InChI is InChI=1S/C14H21FN2O/c1-14(6-8-17(2)9-7-14)18-13-5-3-4-12(15)11(13)10-16/h3-5H,6-10,16H2,1-2H3. The van der Waals surface area contributed by atoms with Gasteiger partial charge in [-0.05, 0) is 38.9 Å². The number of ether oxygens (including phenoxy) is 1. The Morgan fingerprint density at radius 2 is 2.06 bits per heavy atom. The molecule has 0 amide bonds. The van der Waals surface area contributed by atoms with Gasteiger partial charge in [-0.3, -0.25) is 0 Å². The van der Waals surface area contributed by atoms with E-state index in [1.807, 2.05) is 0 Å². The monoisotopic (exact) mass is 252 g/mol. The van der Waals surface area contributed by atoms with E-state index in [1.165, 1.54) is 6.07 Å². The molecule has 0 radical (unpaired) electrons. The lowest BCUT2D eigenvalue weighted by molar-refractivity contribution is 0.0230. The molecule has 0 bridgehead atoms. The number of piperidine rings is 1. The average Bonchev–Trinajstić information content (AvgIpc) is 2.34. The Balaban J connectivity index is 2.16. The smallest absolute Gasteiger partial charge is 0.131 e. The normalized spacial score (nSPS) is 19.8. The Labute approximate surface area is 108 Å². The molecule has 0 aliphatic carbocycles. The Bertz CT molecular complexity index is 414. The summed E-state index contributed by atoms with van der Waals surface area (Å²) in [4.78, 5) is 2.28. The van der Waals surface area contributed by atoms with Gasteiger partial charge in [0.1, 0.15) is 17.2 Å². The van der Waals surface area contributed by atoms with Crippen LogP contribution in [-0.2, 0) is 6.54 Å². The molecule has 4 heteroatoms. The average molecular weight is 252 g/mol. The van der Waals surface area contributed by atoms with Crippen molar-refractivity contribution in [3.8, 4) is 5.75 Å². The SMILES string of the molecule is CN1CCC(C)(Oc2cccc(F)c2CN)CC1. The molecule has 0 spiro atoms. The maximum atomic E-state index is 13.6. The van der Waals surface area contributed by atoms with Crippen LogP contribution in [0.25, 0.3) is 0 Å². The second-order valence-corrected chi connectivity index (χ2v) is 5.28. The molecule has 1 aromatic rings. The molecular weight excluding hydrogens is 231 g/mol. The number of hydrogen-bond acceptors (Lipinski definition) is 3. The van der Waals surface area contributed by atoms with E-state index in [9.17, 15) is 4.39 Å². The highest BCUT2D eigenvalue weighted by atomic mass is 19.1. The van der Waals surface area contributed by atoms with E-state index in [0.717, 1.165) is 25.9 Å². The minimum Gasteiger partial charge on any atom is -0.487 e. The summed E-state index contributed by atoms with van der Waals surface area (Å²) >= 11 is 0. The van der Waals surface area contributed by atoms with E-state index in [4.69, 9.17) is 10.5 Å². The molecule has 1 fully saturated rings. The van der Waals surface area contributed by atoms with Gasteiger partial charge in [-0.25, -0.2) is 4.39 Å². The second-order valence-electron chi connectivity index (χ2n) is 5.28. The third kappa shape index (κ3) is 2.82. The summed E-state index contributed by atoms with van der Waals surface area (Å²) in [6.07, 6.45) is 1.90. The van der Waals surface area contributed by atoms with Crippen LogP contribution in [0.3, 0.4) is 0 Å². The molecule has 0 aromatic heterocycles. The van der Waals surface area contributed by atoms with E-state index >= 15 is 0 Å². The van der Waals surface area contributed by atoms with Gasteiger partial charge >= 0.3 is 0 Å². The molecular formula is C14H21FN2O. The van der Waals surface area contributed by atoms with Crippen molar-refractivity contribution in [3.05, 3.63) is 29.6 Å². The van der Waals surface area contributed by atoms with E-state index in [0.29, 0.717) is 11.3 Å². The largest absolute Gasteiger partial charge is 0.487 e. The molecule has 3 nitrogen and oxygen atoms in total. The lowest BCUT2D eigenvalue weighted by Crippen LogP contribution is -2.44. The highest BCUT2D eigenvalue weighted by molar-refractivity contribution is 5.35. The van der Waals surface area contributed by atoms with E-state index in [-0.39, 0.29) is 18.0 Å². The first-order valence-corrected chi connectivity index (χ1v) is 6.39. The van der Waals surface area contributed by atoms with Crippen molar-refractivity contribution >= 4 is 0 Å². The first kappa shape index (κ1) is 13.3. The molecule has 0 unspecified atom stereocenters. The minimum atomic E-state index is -0.286. The maximum absolute atomic E-state index is 13.6. The fourth-order valence-corrected chi connectivity index (χ4v) is 2.29. The molecule has 1 saturated heterocycles. The number of nitrogens with zero attached hydrogens (tertiary/aromatic N) is 1. The fourth-order valence-electron chi connectivity index (χ4n) is 2.29. The number of nitrogens with two attached hydrogens (primary N) is 1. The van der Waals surface area contributed by atoms with Crippen molar-refractivity contribution < 1.29 is 9.13 Å². The fraction of sp³-hybridized carbons (Fsp3) is 0.571. The Morgan fingerprint density at radius 3 is 2.67 bits per heavy atom. The highest BCUT2D eigenvalue weighted by Gasteiger charge is 2.31. The molecule has 2 rings (SSSR count). The predicted octanol–water partition coefficient (Wildman–Crippen LogP) is 2.15. The van der Waals surface area contributed by atoms with Crippen molar-refractivity contribution in [2.45, 2.75) is 31.9 Å². The number of rotatable bonds is 3. The maximum Gasteiger partial charge on any atom is 0.131 e. The van der Waals surface area contributed by atoms with Crippen LogP contribution in [0.1, 0.15) is 25.3 Å². The summed E-state index contributed by atoms with van der Waals surface area (Å²) in [6, 6.07) is 4.89. The van der Waals surface area contributed by atoms with Crippen LogP contribution in [-0.4, -0.2) is 30.6 Å². The van der Waals surface area contributed by atoms with Crippen LogP contribution in [0.15, 0.2) is 18.2 Å². The molecule has 1 heterocycles. The number of hydrogen-bond donors (Lipinski definition) is 1. The highest BCUT2D eigenvalue weighted by Crippen LogP contribution is 2.30. The van der Waals surface area contributed by atoms with Crippen LogP contribution < -0.4 is 10.5 Å². The minimum absolute atomic E-state index is 0.165. The molecule has 100 valence electrons. The zero-order valence-corrected chi connectivity index (χ0v) is 11.1. The zero-order valence-electron chi connectivity index (χ0n) is 11.1. The van der Waals surface area contributed by atoms with Gasteiger partial charge in [0.25, 0.3) is 0 Å². The summed E-state index contributed by atoms with van der Waals surface area (Å²) in [5.41, 5.74) is 5.85. The second kappa shape index (κ2) is 5.24. The topological polar surface area (TPSA) is 38.5 Å². The van der Waals surface area contributed by atoms with Gasteiger partial charge in [0.2, 0.25) is 0 Å². The lowest BCUT2D eigenvalue weighted by Gasteiger charge is -2.38. The first-order chi connectivity index (χ1) is 8.54. The third-order valence-corrected chi connectivity index (χ3v) is 3.68. The van der Waals surface area contributed by atoms with Crippen LogP contribution in [0, 0.1) is 5.82 Å². The third-order valence-electron chi connectivity index (χ3n) is 3.68. The quantitative estimate of drug-likeness (QED) is 0.895. The van der Waals surface area contributed by atoms with Gasteiger partial charge in [-0.2, -0.15) is 0 Å². The lowest BCUT2D eigenvalue weighted by atomic mass is 9.93. The van der Waals surface area contributed by atoms with Crippen molar-refractivity contribution in [2.24, 2.45) is 5.73 Å². The molecule has 18 heavy (non-hydrogen) atoms. The molecule has 1 aliphatic heterocycles. The van der Waals surface area contributed by atoms with Gasteiger partial charge in [0, 0.05) is 25.2 Å². The van der Waals surface area contributed by atoms with Crippen LogP contribution in [0.2, 0.25) is 0 Å². The van der Waals surface area contributed by atoms with Crippen molar-refractivity contribution in [1.82, 2.24) is 4.90 Å². The summed E-state index contributed by atoms with van der Waals surface area (Å²) in [7, 11) is 2.10. The Hall–Kier alpha value is -1.13. The van der Waals surface area contributed by atoms with Gasteiger partial charge in [-0.15, -0.1) is 0 Å². The Morgan fingerprint density at radius 1 is 1.39 bits per heavy atom. The van der Waals surface area contributed by atoms with E-state index in [1.54, 1.807) is 12.1 Å². The van der Waals surface area contributed by atoms with Gasteiger partial charge in [-0.1, -0.05) is 6.07 Å². The van der Waals surface area contributed by atoms with Crippen LogP contribution >= 0.6 is 0 Å². The summed E-state index contributed by atoms with van der Waals surface area (Å²) < 4.78 is 19.7. The van der Waals surface area contributed by atoms with Gasteiger partial charge in [0.05, 0.1) is 0 Å². The number of halogens is 1. The number of likely N-dealkylation sites (tertiary alicyclic amines) is 1. The molecule has 2 N–H and O–H groups in total. The van der Waals surface area contributed by atoms with Gasteiger partial charge < -0.3 is 15.4 Å². The Kier molecular flexibility index (Phi) is 3.88. The first-order valence-electron chi connectivity index (χ1n) is 6.39.